The molecule has 1 aliphatic carbocycles. The van der Waals surface area contributed by atoms with Crippen LogP contribution in [0.25, 0.3) is 11.1 Å². The standard InChI is InChI=1S/C26H35Cl2N5O3/c1-5-32(6-2)9-11-35-23-15-19-17(13-21(23)27)18-14-22(28)24(36-12-10-33(7-3)8-4)16-20(18)25(19)30-31-26(29)34/h13-16H,5-12H2,1-4H3,(H3,29,31,34). The quantitative estimate of drug-likeness (QED) is 0.305. The number of carbonyl (C=O) groups is 1. The number of primary amides is 1. The first-order chi connectivity index (χ1) is 17.3. The number of hydrogen-bond donors (Lipinski definition) is 2. The summed E-state index contributed by atoms with van der Waals surface area (Å²) < 4.78 is 12.0. The number of fused-ring (bicyclic) bond motifs is 3. The number of ether oxygens (including phenoxy) is 2. The largest absolute Gasteiger partial charge is 0.491 e. The van der Waals surface area contributed by atoms with Crippen molar-refractivity contribution in [1.29, 1.82) is 0 Å². The van der Waals surface area contributed by atoms with E-state index in [4.69, 9.17) is 38.4 Å². The Balaban J connectivity index is 1.93. The SMILES string of the molecule is CCN(CC)CCOc1cc2c(cc1Cl)-c1cc(Cl)c(OCCN(CC)CC)cc1C2=NNC(N)=O. The third kappa shape index (κ3) is 6.62. The van der Waals surface area contributed by atoms with Gasteiger partial charge in [0.1, 0.15) is 24.7 Å². The van der Waals surface area contributed by atoms with Crippen LogP contribution in [0, 0.1) is 0 Å². The molecule has 0 bridgehead atoms. The molecule has 3 rings (SSSR count). The number of carbonyl (C=O) groups excluding carboxylic acids is 1. The van der Waals surface area contributed by atoms with Gasteiger partial charge in [-0.05, 0) is 61.6 Å². The summed E-state index contributed by atoms with van der Waals surface area (Å²) in [5, 5.41) is 5.27. The van der Waals surface area contributed by atoms with Gasteiger partial charge in [-0.2, -0.15) is 5.10 Å². The summed E-state index contributed by atoms with van der Waals surface area (Å²) in [6.45, 7) is 14.8. The Hall–Kier alpha value is -2.52. The van der Waals surface area contributed by atoms with Gasteiger partial charge in [-0.1, -0.05) is 50.9 Å². The van der Waals surface area contributed by atoms with Crippen molar-refractivity contribution in [1.82, 2.24) is 15.2 Å². The maximum atomic E-state index is 11.4. The molecule has 10 heteroatoms. The molecule has 0 heterocycles. The van der Waals surface area contributed by atoms with Gasteiger partial charge in [0.2, 0.25) is 0 Å². The highest BCUT2D eigenvalue weighted by Crippen LogP contribution is 2.45. The molecule has 2 aromatic carbocycles. The molecule has 3 N–H and O–H groups in total. The number of nitrogens with two attached hydrogens (primary N) is 1. The molecule has 1 aliphatic rings. The molecular weight excluding hydrogens is 501 g/mol. The lowest BCUT2D eigenvalue weighted by Crippen LogP contribution is -2.28. The Labute approximate surface area is 223 Å². The van der Waals surface area contributed by atoms with Crippen LogP contribution in [0.15, 0.2) is 29.4 Å². The lowest BCUT2D eigenvalue weighted by Gasteiger charge is -2.18. The predicted octanol–water partition coefficient (Wildman–Crippen LogP) is 4.84. The number of urea groups is 1. The lowest BCUT2D eigenvalue weighted by atomic mass is 10.1. The Bertz CT molecular complexity index is 1030. The van der Waals surface area contributed by atoms with Gasteiger partial charge < -0.3 is 25.0 Å². The van der Waals surface area contributed by atoms with Crippen LogP contribution in [-0.4, -0.2) is 74.0 Å². The van der Waals surface area contributed by atoms with E-state index >= 15 is 0 Å². The molecule has 2 aromatic rings. The van der Waals surface area contributed by atoms with Gasteiger partial charge in [-0.15, -0.1) is 0 Å². The molecule has 36 heavy (non-hydrogen) atoms. The van der Waals surface area contributed by atoms with E-state index in [9.17, 15) is 4.79 Å². The van der Waals surface area contributed by atoms with Crippen LogP contribution in [0.4, 0.5) is 4.79 Å². The van der Waals surface area contributed by atoms with E-state index in [0.717, 1.165) is 61.5 Å². The smallest absolute Gasteiger partial charge is 0.332 e. The number of halogens is 2. The Morgan fingerprint density at radius 2 is 1.22 bits per heavy atom. The van der Waals surface area contributed by atoms with Gasteiger partial charge >= 0.3 is 6.03 Å². The fourth-order valence-corrected chi connectivity index (χ4v) is 4.63. The van der Waals surface area contributed by atoms with Crippen molar-refractivity contribution in [2.24, 2.45) is 10.8 Å². The molecule has 0 atom stereocenters. The summed E-state index contributed by atoms with van der Waals surface area (Å²) in [5.74, 6) is 1.09. The molecule has 8 nitrogen and oxygen atoms in total. The summed E-state index contributed by atoms with van der Waals surface area (Å²) >= 11 is 13.2. The summed E-state index contributed by atoms with van der Waals surface area (Å²) in [6.07, 6.45) is 0. The molecule has 0 saturated heterocycles. The van der Waals surface area contributed by atoms with Crippen molar-refractivity contribution in [2.75, 3.05) is 52.5 Å². The molecule has 0 unspecified atom stereocenters. The summed E-state index contributed by atoms with van der Waals surface area (Å²) in [5.41, 5.74) is 11.4. The summed E-state index contributed by atoms with van der Waals surface area (Å²) in [6, 6.07) is 6.61. The van der Waals surface area contributed by atoms with Crippen LogP contribution in [0.5, 0.6) is 11.5 Å². The van der Waals surface area contributed by atoms with E-state index in [1.165, 1.54) is 0 Å². The minimum atomic E-state index is -0.758. The van der Waals surface area contributed by atoms with Crippen molar-refractivity contribution >= 4 is 34.9 Å². The maximum absolute atomic E-state index is 11.4. The van der Waals surface area contributed by atoms with Crippen LogP contribution in [0.2, 0.25) is 10.0 Å². The van der Waals surface area contributed by atoms with Gasteiger partial charge in [0, 0.05) is 24.2 Å². The average molecular weight is 537 g/mol. The number of nitrogens with zero attached hydrogens (tertiary/aromatic N) is 3. The fraction of sp³-hybridized carbons (Fsp3) is 0.462. The molecule has 0 fully saturated rings. The zero-order chi connectivity index (χ0) is 26.2. The van der Waals surface area contributed by atoms with Crippen molar-refractivity contribution in [2.45, 2.75) is 27.7 Å². The molecule has 196 valence electrons. The van der Waals surface area contributed by atoms with Crippen LogP contribution >= 0.6 is 23.2 Å². The first-order valence-corrected chi connectivity index (χ1v) is 13.1. The Morgan fingerprint density at radius 3 is 1.58 bits per heavy atom. The van der Waals surface area contributed by atoms with Crippen LogP contribution < -0.4 is 20.6 Å². The number of amides is 2. The third-order valence-corrected chi connectivity index (χ3v) is 6.93. The average Bonchev–Trinajstić information content (AvgIpc) is 3.14. The summed E-state index contributed by atoms with van der Waals surface area (Å²) in [7, 11) is 0. The number of likely N-dealkylation sites (N-methyl/N-ethyl adjacent to an activating group) is 2. The lowest BCUT2D eigenvalue weighted by molar-refractivity contribution is 0.223. The molecule has 0 spiro atoms. The Morgan fingerprint density at radius 1 is 0.806 bits per heavy atom. The van der Waals surface area contributed by atoms with E-state index in [-0.39, 0.29) is 0 Å². The number of nitrogens with one attached hydrogen (secondary N) is 1. The van der Waals surface area contributed by atoms with Crippen LogP contribution in [0.3, 0.4) is 0 Å². The van der Waals surface area contributed by atoms with Gasteiger partial charge in [-0.3, -0.25) is 0 Å². The highest BCUT2D eigenvalue weighted by Gasteiger charge is 2.29. The second-order valence-corrected chi connectivity index (χ2v) is 9.16. The van der Waals surface area contributed by atoms with Gasteiger partial charge in [0.15, 0.2) is 0 Å². The van der Waals surface area contributed by atoms with E-state index in [0.29, 0.717) is 40.5 Å². The zero-order valence-corrected chi connectivity index (χ0v) is 22.9. The van der Waals surface area contributed by atoms with Gasteiger partial charge in [0.05, 0.1) is 15.8 Å². The van der Waals surface area contributed by atoms with E-state index in [1.807, 2.05) is 24.3 Å². The second kappa shape index (κ2) is 13.1. The fourth-order valence-electron chi connectivity index (χ4n) is 4.19. The number of rotatable bonds is 13. The first-order valence-electron chi connectivity index (χ1n) is 12.3. The van der Waals surface area contributed by atoms with Crippen molar-refractivity contribution in [3.63, 3.8) is 0 Å². The van der Waals surface area contributed by atoms with Crippen molar-refractivity contribution < 1.29 is 14.3 Å². The minimum absolute atomic E-state index is 0.485. The van der Waals surface area contributed by atoms with Gasteiger partial charge in [0.25, 0.3) is 0 Å². The maximum Gasteiger partial charge on any atom is 0.332 e. The van der Waals surface area contributed by atoms with E-state index in [1.54, 1.807) is 0 Å². The number of hydrazone groups is 1. The molecular formula is C26H35Cl2N5O3. The molecule has 0 saturated carbocycles. The monoisotopic (exact) mass is 535 g/mol. The Kier molecular flexibility index (Phi) is 10.2. The van der Waals surface area contributed by atoms with Crippen LogP contribution in [0.1, 0.15) is 38.8 Å². The zero-order valence-electron chi connectivity index (χ0n) is 21.4. The van der Waals surface area contributed by atoms with Crippen molar-refractivity contribution in [3.05, 3.63) is 45.4 Å². The highest BCUT2D eigenvalue weighted by atomic mass is 35.5. The highest BCUT2D eigenvalue weighted by molar-refractivity contribution is 6.35. The predicted molar refractivity (Wildman–Crippen MR) is 147 cm³/mol. The third-order valence-electron chi connectivity index (χ3n) is 6.34. The molecule has 0 aliphatic heterocycles. The van der Waals surface area contributed by atoms with Crippen molar-refractivity contribution in [3.8, 4) is 22.6 Å². The molecule has 0 radical (unpaired) electrons. The van der Waals surface area contributed by atoms with Gasteiger partial charge in [-0.25, -0.2) is 10.2 Å². The number of hydrogen-bond acceptors (Lipinski definition) is 6. The van der Waals surface area contributed by atoms with Crippen LogP contribution in [-0.2, 0) is 0 Å². The molecule has 2 amide bonds. The number of benzene rings is 2. The first kappa shape index (κ1) is 28.1. The normalized spacial score (nSPS) is 12.1. The minimum Gasteiger partial charge on any atom is -0.491 e. The summed E-state index contributed by atoms with van der Waals surface area (Å²) in [4.78, 5) is 16.0. The van der Waals surface area contributed by atoms with E-state index < -0.39 is 6.03 Å². The molecule has 0 aromatic heterocycles. The second-order valence-electron chi connectivity index (χ2n) is 8.34. The topological polar surface area (TPSA) is 92.4 Å². The van der Waals surface area contributed by atoms with E-state index in [2.05, 4.69) is 48.0 Å².